The lowest BCUT2D eigenvalue weighted by atomic mass is 9.97. The van der Waals surface area contributed by atoms with Gasteiger partial charge < -0.3 is 9.32 Å². The molecule has 9 rings (SSSR count). The number of rotatable bonds is 7. The van der Waals surface area contributed by atoms with Gasteiger partial charge in [0.1, 0.15) is 11.2 Å². The van der Waals surface area contributed by atoms with E-state index in [-0.39, 0.29) is 0 Å². The number of para-hydroxylation sites is 2. The van der Waals surface area contributed by atoms with Crippen LogP contribution in [0.5, 0.6) is 0 Å². The first kappa shape index (κ1) is 29.5. The maximum atomic E-state index is 6.71. The number of anilines is 3. The Bertz CT molecular complexity index is 2550. The lowest BCUT2D eigenvalue weighted by Gasteiger charge is -2.29. The van der Waals surface area contributed by atoms with Crippen molar-refractivity contribution in [3.63, 3.8) is 0 Å². The minimum Gasteiger partial charge on any atom is -0.455 e. The standard InChI is InChI=1S/C48H33NO/c1-4-14-34(15-5-1)35-24-26-36(27-25-35)37-28-30-40(31-29-37)49(44-22-12-10-20-41(44)38-16-6-2-7-17-38)45-33-32-42(39-18-8-3-9-19-39)48-47(45)43-21-11-13-23-46(43)50-48/h1-33H. The minimum atomic E-state index is 0.873. The molecule has 50 heavy (non-hydrogen) atoms. The number of furan rings is 1. The molecule has 236 valence electrons. The van der Waals surface area contributed by atoms with Gasteiger partial charge in [0.15, 0.2) is 0 Å². The first-order valence-electron chi connectivity index (χ1n) is 17.0. The van der Waals surface area contributed by atoms with Crippen molar-refractivity contribution in [2.75, 3.05) is 4.90 Å². The van der Waals surface area contributed by atoms with Crippen LogP contribution in [0.3, 0.4) is 0 Å². The summed E-state index contributed by atoms with van der Waals surface area (Å²) in [6, 6.07) is 70.9. The lowest BCUT2D eigenvalue weighted by Crippen LogP contribution is -2.11. The fraction of sp³-hybridized carbons (Fsp3) is 0. The highest BCUT2D eigenvalue weighted by atomic mass is 16.3. The third-order valence-corrected chi connectivity index (χ3v) is 9.51. The zero-order valence-electron chi connectivity index (χ0n) is 27.4. The zero-order chi connectivity index (χ0) is 33.3. The van der Waals surface area contributed by atoms with E-state index < -0.39 is 0 Å². The molecule has 9 aromatic rings. The Balaban J connectivity index is 1.23. The van der Waals surface area contributed by atoms with Gasteiger partial charge in [0, 0.05) is 22.2 Å². The van der Waals surface area contributed by atoms with Crippen LogP contribution in [0.15, 0.2) is 205 Å². The van der Waals surface area contributed by atoms with Crippen LogP contribution in [0.4, 0.5) is 17.1 Å². The first-order chi connectivity index (χ1) is 24.8. The summed E-state index contributed by atoms with van der Waals surface area (Å²) in [6.07, 6.45) is 0. The maximum Gasteiger partial charge on any atom is 0.145 e. The highest BCUT2D eigenvalue weighted by molar-refractivity contribution is 6.17. The Labute approximate surface area is 292 Å². The van der Waals surface area contributed by atoms with Crippen LogP contribution >= 0.6 is 0 Å². The van der Waals surface area contributed by atoms with Crippen molar-refractivity contribution >= 4 is 39.0 Å². The number of fused-ring (bicyclic) bond motifs is 3. The predicted octanol–water partition coefficient (Wildman–Crippen LogP) is 13.7. The van der Waals surface area contributed by atoms with Gasteiger partial charge in [0.25, 0.3) is 0 Å². The van der Waals surface area contributed by atoms with E-state index in [9.17, 15) is 0 Å². The molecule has 8 aromatic carbocycles. The molecule has 0 aliphatic rings. The summed E-state index contributed by atoms with van der Waals surface area (Å²) in [5.74, 6) is 0. The summed E-state index contributed by atoms with van der Waals surface area (Å²) in [5.41, 5.74) is 14.3. The van der Waals surface area contributed by atoms with Gasteiger partial charge in [-0.25, -0.2) is 0 Å². The average molecular weight is 640 g/mol. The van der Waals surface area contributed by atoms with Crippen LogP contribution in [-0.2, 0) is 0 Å². The molecule has 1 heterocycles. The monoisotopic (exact) mass is 639 g/mol. The molecule has 2 nitrogen and oxygen atoms in total. The Morgan fingerprint density at radius 2 is 0.800 bits per heavy atom. The second kappa shape index (κ2) is 12.8. The zero-order valence-corrected chi connectivity index (χ0v) is 27.4. The highest BCUT2D eigenvalue weighted by Crippen LogP contribution is 2.48. The second-order valence-electron chi connectivity index (χ2n) is 12.5. The Morgan fingerprint density at radius 3 is 1.44 bits per heavy atom. The van der Waals surface area contributed by atoms with Crippen LogP contribution in [0.1, 0.15) is 0 Å². The van der Waals surface area contributed by atoms with Gasteiger partial charge in [0.2, 0.25) is 0 Å². The van der Waals surface area contributed by atoms with Crippen molar-refractivity contribution < 1.29 is 4.42 Å². The van der Waals surface area contributed by atoms with Crippen LogP contribution in [0.25, 0.3) is 66.4 Å². The third-order valence-electron chi connectivity index (χ3n) is 9.51. The summed E-state index contributed by atoms with van der Waals surface area (Å²) < 4.78 is 6.71. The van der Waals surface area contributed by atoms with Crippen LogP contribution in [0.2, 0.25) is 0 Å². The van der Waals surface area contributed by atoms with Crippen molar-refractivity contribution in [3.8, 4) is 44.5 Å². The van der Waals surface area contributed by atoms with Crippen LogP contribution in [0, 0.1) is 0 Å². The molecule has 0 atom stereocenters. The third kappa shape index (κ3) is 5.34. The molecule has 0 amide bonds. The van der Waals surface area contributed by atoms with E-state index in [0.29, 0.717) is 0 Å². The number of nitrogens with zero attached hydrogens (tertiary/aromatic N) is 1. The molecule has 0 aliphatic heterocycles. The smallest absolute Gasteiger partial charge is 0.145 e. The van der Waals surface area contributed by atoms with Gasteiger partial charge in [-0.05, 0) is 69.8 Å². The minimum absolute atomic E-state index is 0.873. The Hall–Kier alpha value is -6.64. The number of hydrogen-bond acceptors (Lipinski definition) is 2. The van der Waals surface area contributed by atoms with Crippen molar-refractivity contribution in [3.05, 3.63) is 200 Å². The van der Waals surface area contributed by atoms with Crippen molar-refractivity contribution in [2.45, 2.75) is 0 Å². The maximum absolute atomic E-state index is 6.71. The first-order valence-corrected chi connectivity index (χ1v) is 17.0. The summed E-state index contributed by atoms with van der Waals surface area (Å²) in [7, 11) is 0. The molecular weight excluding hydrogens is 607 g/mol. The molecule has 0 saturated heterocycles. The molecule has 1 aromatic heterocycles. The largest absolute Gasteiger partial charge is 0.455 e. The van der Waals surface area contributed by atoms with Crippen molar-refractivity contribution in [1.29, 1.82) is 0 Å². The van der Waals surface area contributed by atoms with E-state index in [1.165, 1.54) is 22.3 Å². The molecule has 0 N–H and O–H groups in total. The van der Waals surface area contributed by atoms with E-state index in [1.54, 1.807) is 0 Å². The van der Waals surface area contributed by atoms with E-state index in [0.717, 1.165) is 61.3 Å². The molecule has 0 saturated carbocycles. The Morgan fingerprint density at radius 1 is 0.320 bits per heavy atom. The fourth-order valence-corrected chi connectivity index (χ4v) is 7.07. The summed E-state index contributed by atoms with van der Waals surface area (Å²) in [5, 5.41) is 2.18. The van der Waals surface area contributed by atoms with Gasteiger partial charge in [0.05, 0.1) is 16.8 Å². The number of benzene rings is 8. The van der Waals surface area contributed by atoms with Gasteiger partial charge in [-0.15, -0.1) is 0 Å². The molecule has 0 radical (unpaired) electrons. The topological polar surface area (TPSA) is 16.4 Å². The SMILES string of the molecule is c1ccc(-c2ccc(-c3ccc(N(c4ccccc4-c4ccccc4)c4ccc(-c5ccccc5)c5oc6ccccc6c45)cc3)cc2)cc1. The quantitative estimate of drug-likeness (QED) is 0.173. The van der Waals surface area contributed by atoms with Gasteiger partial charge in [-0.1, -0.05) is 164 Å². The van der Waals surface area contributed by atoms with E-state index >= 15 is 0 Å². The van der Waals surface area contributed by atoms with Crippen LogP contribution < -0.4 is 4.90 Å². The van der Waals surface area contributed by atoms with E-state index in [2.05, 4.69) is 199 Å². The highest BCUT2D eigenvalue weighted by Gasteiger charge is 2.24. The molecule has 0 aliphatic carbocycles. The van der Waals surface area contributed by atoms with Gasteiger partial charge >= 0.3 is 0 Å². The van der Waals surface area contributed by atoms with E-state index in [1.807, 2.05) is 6.07 Å². The van der Waals surface area contributed by atoms with Crippen molar-refractivity contribution in [2.24, 2.45) is 0 Å². The number of hydrogen-bond donors (Lipinski definition) is 0. The molecule has 2 heteroatoms. The molecule has 0 spiro atoms. The van der Waals surface area contributed by atoms with Crippen LogP contribution in [-0.4, -0.2) is 0 Å². The summed E-state index contributed by atoms with van der Waals surface area (Å²) in [6.45, 7) is 0. The Kier molecular flexibility index (Phi) is 7.53. The molecule has 0 fully saturated rings. The molecule has 0 bridgehead atoms. The predicted molar refractivity (Wildman–Crippen MR) is 210 cm³/mol. The normalized spacial score (nSPS) is 11.2. The summed E-state index contributed by atoms with van der Waals surface area (Å²) >= 11 is 0. The second-order valence-corrected chi connectivity index (χ2v) is 12.5. The average Bonchev–Trinajstić information content (AvgIpc) is 3.60. The van der Waals surface area contributed by atoms with E-state index in [4.69, 9.17) is 4.42 Å². The fourth-order valence-electron chi connectivity index (χ4n) is 7.07. The lowest BCUT2D eigenvalue weighted by molar-refractivity contribution is 0.670. The molecule has 0 unspecified atom stereocenters. The van der Waals surface area contributed by atoms with Gasteiger partial charge in [-0.2, -0.15) is 0 Å². The van der Waals surface area contributed by atoms with Gasteiger partial charge in [-0.3, -0.25) is 0 Å². The molecular formula is C48H33NO. The summed E-state index contributed by atoms with van der Waals surface area (Å²) in [4.78, 5) is 2.39. The van der Waals surface area contributed by atoms with Crippen molar-refractivity contribution in [1.82, 2.24) is 0 Å².